The second kappa shape index (κ2) is 3.60. The highest BCUT2D eigenvalue weighted by molar-refractivity contribution is 8.00. The lowest BCUT2D eigenvalue weighted by Crippen LogP contribution is -2.46. The smallest absolute Gasteiger partial charge is 0.223 e. The van der Waals surface area contributed by atoms with Crippen LogP contribution in [0.2, 0.25) is 5.02 Å². The van der Waals surface area contributed by atoms with Gasteiger partial charge in [-0.2, -0.15) is 0 Å². The number of halogens is 1. The first kappa shape index (κ1) is 8.91. The van der Waals surface area contributed by atoms with Gasteiger partial charge < -0.3 is 5.32 Å². The molecule has 1 aliphatic rings. The van der Waals surface area contributed by atoms with E-state index in [0.717, 1.165) is 9.92 Å². The number of carbonyl (C=O) groups excluding carboxylic acids is 1. The van der Waals surface area contributed by atoms with E-state index in [4.69, 9.17) is 11.6 Å². The number of amides is 1. The molecule has 68 valence electrons. The first-order chi connectivity index (χ1) is 6.24. The monoisotopic (exact) mass is 213 g/mol. The maximum Gasteiger partial charge on any atom is 0.223 e. The highest BCUT2D eigenvalue weighted by atomic mass is 35.5. The number of rotatable bonds is 2. The van der Waals surface area contributed by atoms with E-state index in [1.54, 1.807) is 11.8 Å². The topological polar surface area (TPSA) is 29.1 Å². The molecule has 1 aromatic rings. The SMILES string of the molecule is O=C1CC(Sc2cccc(Cl)c2)N1. The Labute approximate surface area is 85.7 Å². The Hall–Kier alpha value is -0.670. The lowest BCUT2D eigenvalue weighted by Gasteiger charge is -2.25. The molecule has 0 radical (unpaired) electrons. The second-order valence-corrected chi connectivity index (χ2v) is 4.55. The molecular formula is C9H8ClNOS. The average molecular weight is 214 g/mol. The number of carbonyl (C=O) groups is 1. The summed E-state index contributed by atoms with van der Waals surface area (Å²) >= 11 is 7.45. The van der Waals surface area contributed by atoms with Gasteiger partial charge in [0.25, 0.3) is 0 Å². The summed E-state index contributed by atoms with van der Waals surface area (Å²) in [5, 5.41) is 3.75. The van der Waals surface area contributed by atoms with E-state index in [9.17, 15) is 4.79 Å². The summed E-state index contributed by atoms with van der Waals surface area (Å²) in [6.07, 6.45) is 0.608. The quantitative estimate of drug-likeness (QED) is 0.764. The van der Waals surface area contributed by atoms with Gasteiger partial charge in [0.2, 0.25) is 5.91 Å². The molecule has 1 saturated heterocycles. The van der Waals surface area contributed by atoms with Crippen LogP contribution in [0.15, 0.2) is 29.2 Å². The minimum Gasteiger partial charge on any atom is -0.343 e. The van der Waals surface area contributed by atoms with Crippen LogP contribution in [0.3, 0.4) is 0 Å². The minimum atomic E-state index is 0.125. The van der Waals surface area contributed by atoms with Crippen LogP contribution in [0.1, 0.15) is 6.42 Å². The van der Waals surface area contributed by atoms with Gasteiger partial charge in [0.05, 0.1) is 11.8 Å². The molecule has 1 aliphatic heterocycles. The fourth-order valence-electron chi connectivity index (χ4n) is 1.10. The summed E-state index contributed by atoms with van der Waals surface area (Å²) in [6, 6.07) is 7.63. The number of thioether (sulfide) groups is 1. The summed E-state index contributed by atoms with van der Waals surface area (Å²) in [5.41, 5.74) is 0. The zero-order chi connectivity index (χ0) is 9.26. The number of hydrogen-bond donors (Lipinski definition) is 1. The van der Waals surface area contributed by atoms with Gasteiger partial charge in [0, 0.05) is 9.92 Å². The lowest BCUT2D eigenvalue weighted by atomic mass is 10.3. The van der Waals surface area contributed by atoms with Crippen molar-refractivity contribution in [2.24, 2.45) is 0 Å². The van der Waals surface area contributed by atoms with Crippen molar-refractivity contribution in [1.82, 2.24) is 5.32 Å². The van der Waals surface area contributed by atoms with E-state index >= 15 is 0 Å². The molecule has 4 heteroatoms. The van der Waals surface area contributed by atoms with Crippen molar-refractivity contribution in [2.45, 2.75) is 16.7 Å². The van der Waals surface area contributed by atoms with Gasteiger partial charge in [-0.3, -0.25) is 4.79 Å². The Morgan fingerprint density at radius 1 is 1.54 bits per heavy atom. The van der Waals surface area contributed by atoms with Crippen LogP contribution in [-0.2, 0) is 4.79 Å². The van der Waals surface area contributed by atoms with Crippen molar-refractivity contribution in [3.05, 3.63) is 29.3 Å². The van der Waals surface area contributed by atoms with Gasteiger partial charge in [0.15, 0.2) is 0 Å². The van der Waals surface area contributed by atoms with Crippen molar-refractivity contribution >= 4 is 29.3 Å². The third-order valence-electron chi connectivity index (χ3n) is 1.77. The zero-order valence-electron chi connectivity index (χ0n) is 6.79. The van der Waals surface area contributed by atoms with Gasteiger partial charge in [-0.1, -0.05) is 17.7 Å². The number of benzene rings is 1. The molecule has 2 rings (SSSR count). The summed E-state index contributed by atoms with van der Waals surface area (Å²) < 4.78 is 0. The molecule has 0 spiro atoms. The van der Waals surface area contributed by atoms with Crippen LogP contribution < -0.4 is 5.32 Å². The molecule has 0 bridgehead atoms. The Kier molecular flexibility index (Phi) is 2.47. The predicted octanol–water partition coefficient (Wildman–Crippen LogP) is 2.28. The van der Waals surface area contributed by atoms with Crippen molar-refractivity contribution < 1.29 is 4.79 Å². The summed E-state index contributed by atoms with van der Waals surface area (Å²) in [6.45, 7) is 0. The third kappa shape index (κ3) is 2.17. The van der Waals surface area contributed by atoms with E-state index in [1.807, 2.05) is 24.3 Å². The fourth-order valence-corrected chi connectivity index (χ4v) is 2.46. The summed E-state index contributed by atoms with van der Waals surface area (Å²) in [4.78, 5) is 11.7. The van der Waals surface area contributed by atoms with E-state index in [-0.39, 0.29) is 11.3 Å². The van der Waals surface area contributed by atoms with Crippen LogP contribution in [0.4, 0.5) is 0 Å². The zero-order valence-corrected chi connectivity index (χ0v) is 8.36. The van der Waals surface area contributed by atoms with Gasteiger partial charge in [-0.05, 0) is 18.2 Å². The maximum absolute atomic E-state index is 10.6. The van der Waals surface area contributed by atoms with E-state index in [1.165, 1.54) is 0 Å². The molecule has 13 heavy (non-hydrogen) atoms. The average Bonchev–Trinajstić information content (AvgIpc) is 2.01. The third-order valence-corrected chi connectivity index (χ3v) is 3.10. The lowest BCUT2D eigenvalue weighted by molar-refractivity contribution is -0.126. The summed E-state index contributed by atoms with van der Waals surface area (Å²) in [7, 11) is 0. The number of hydrogen-bond acceptors (Lipinski definition) is 2. The fraction of sp³-hybridized carbons (Fsp3) is 0.222. The van der Waals surface area contributed by atoms with Gasteiger partial charge in [-0.25, -0.2) is 0 Å². The van der Waals surface area contributed by atoms with E-state index < -0.39 is 0 Å². The minimum absolute atomic E-state index is 0.125. The van der Waals surface area contributed by atoms with Crippen LogP contribution in [0, 0.1) is 0 Å². The molecule has 1 aromatic carbocycles. The van der Waals surface area contributed by atoms with Crippen LogP contribution >= 0.6 is 23.4 Å². The standard InChI is InChI=1S/C9H8ClNOS/c10-6-2-1-3-7(4-6)13-9-5-8(12)11-9/h1-4,9H,5H2,(H,11,12). The number of β-lactam (4-membered cyclic amide) rings is 1. The molecule has 0 aromatic heterocycles. The Morgan fingerprint density at radius 2 is 2.31 bits per heavy atom. The number of nitrogens with one attached hydrogen (secondary N) is 1. The Balaban J connectivity index is 1.98. The van der Waals surface area contributed by atoms with Crippen LogP contribution in [0.25, 0.3) is 0 Å². The maximum atomic E-state index is 10.6. The molecule has 1 amide bonds. The molecule has 1 fully saturated rings. The van der Waals surface area contributed by atoms with E-state index in [0.29, 0.717) is 6.42 Å². The second-order valence-electron chi connectivity index (χ2n) is 2.84. The normalized spacial score (nSPS) is 20.7. The molecule has 0 saturated carbocycles. The van der Waals surface area contributed by atoms with E-state index in [2.05, 4.69) is 5.32 Å². The van der Waals surface area contributed by atoms with Crippen molar-refractivity contribution in [3.63, 3.8) is 0 Å². The summed E-state index contributed by atoms with van der Waals surface area (Å²) in [5.74, 6) is 0.125. The van der Waals surface area contributed by atoms with Crippen molar-refractivity contribution in [2.75, 3.05) is 0 Å². The van der Waals surface area contributed by atoms with Gasteiger partial charge in [-0.15, -0.1) is 11.8 Å². The molecular weight excluding hydrogens is 206 g/mol. The van der Waals surface area contributed by atoms with Crippen LogP contribution in [-0.4, -0.2) is 11.3 Å². The molecule has 1 N–H and O–H groups in total. The molecule has 2 nitrogen and oxygen atoms in total. The highest BCUT2D eigenvalue weighted by Crippen LogP contribution is 2.29. The largest absolute Gasteiger partial charge is 0.343 e. The first-order valence-electron chi connectivity index (χ1n) is 3.95. The van der Waals surface area contributed by atoms with Crippen LogP contribution in [0.5, 0.6) is 0 Å². The van der Waals surface area contributed by atoms with Crippen molar-refractivity contribution in [1.29, 1.82) is 0 Å². The highest BCUT2D eigenvalue weighted by Gasteiger charge is 2.25. The molecule has 1 heterocycles. The first-order valence-corrected chi connectivity index (χ1v) is 5.21. The van der Waals surface area contributed by atoms with Gasteiger partial charge in [0.1, 0.15) is 0 Å². The molecule has 1 unspecified atom stereocenters. The Bertz CT molecular complexity index is 334. The Morgan fingerprint density at radius 3 is 2.92 bits per heavy atom. The molecule has 0 aliphatic carbocycles. The van der Waals surface area contributed by atoms with Crippen molar-refractivity contribution in [3.8, 4) is 0 Å². The predicted molar refractivity (Wildman–Crippen MR) is 53.9 cm³/mol. The van der Waals surface area contributed by atoms with Gasteiger partial charge >= 0.3 is 0 Å². The molecule has 1 atom stereocenters.